The molecule has 1 aliphatic rings. The Kier molecular flexibility index (Phi) is 4.23. The van der Waals surface area contributed by atoms with E-state index in [4.69, 9.17) is 9.47 Å². The van der Waals surface area contributed by atoms with Gasteiger partial charge in [0.05, 0.1) is 31.3 Å². The molecule has 1 fully saturated rings. The number of ether oxygens (including phenoxy) is 2. The van der Waals surface area contributed by atoms with Gasteiger partial charge in [0.15, 0.2) is 0 Å². The molecule has 1 aromatic heterocycles. The highest BCUT2D eigenvalue weighted by molar-refractivity contribution is 7.89. The Morgan fingerprint density at radius 3 is 2.65 bits per heavy atom. The minimum Gasteiger partial charge on any atom is -0.496 e. The maximum Gasteiger partial charge on any atom is 0.243 e. The predicted molar refractivity (Wildman–Crippen MR) is 85.1 cm³/mol. The summed E-state index contributed by atoms with van der Waals surface area (Å²) in [4.78, 5) is 4.24. The second kappa shape index (κ2) is 6.17. The van der Waals surface area contributed by atoms with Crippen LogP contribution in [0.1, 0.15) is 5.56 Å². The number of nitrogens with zero attached hydrogens (tertiary/aromatic N) is 2. The van der Waals surface area contributed by atoms with Crippen molar-refractivity contribution in [1.82, 2.24) is 9.29 Å². The number of hydrogen-bond donors (Lipinski definition) is 0. The van der Waals surface area contributed by atoms with E-state index in [1.165, 1.54) is 4.31 Å². The molecule has 0 saturated carbocycles. The first-order valence-corrected chi connectivity index (χ1v) is 8.66. The molecule has 1 aliphatic heterocycles. The van der Waals surface area contributed by atoms with E-state index in [-0.39, 0.29) is 11.0 Å². The third kappa shape index (κ3) is 3.16. The number of aryl methyl sites for hydroxylation is 1. The molecule has 3 rings (SSSR count). The standard InChI is InChI=1S/C16H18N2O4S/c1-12-8-15(5-6-16(12)21-2)23(19,20)18-10-14(11-18)22-13-4-3-7-17-9-13/h3-9,14H,10-11H2,1-2H3. The Morgan fingerprint density at radius 2 is 2.04 bits per heavy atom. The predicted octanol–water partition coefficient (Wildman–Crippen LogP) is 1.85. The highest BCUT2D eigenvalue weighted by Gasteiger charge is 2.38. The van der Waals surface area contributed by atoms with Gasteiger partial charge in [0.25, 0.3) is 0 Å². The monoisotopic (exact) mass is 334 g/mol. The summed E-state index contributed by atoms with van der Waals surface area (Å²) < 4.78 is 37.4. The lowest BCUT2D eigenvalue weighted by Gasteiger charge is -2.37. The second-order valence-electron chi connectivity index (χ2n) is 5.38. The van der Waals surface area contributed by atoms with Crippen molar-refractivity contribution in [2.45, 2.75) is 17.9 Å². The number of pyridine rings is 1. The summed E-state index contributed by atoms with van der Waals surface area (Å²) in [5, 5.41) is 0. The molecule has 7 heteroatoms. The van der Waals surface area contributed by atoms with E-state index in [9.17, 15) is 8.42 Å². The van der Waals surface area contributed by atoms with Crippen LogP contribution in [0, 0.1) is 6.92 Å². The van der Waals surface area contributed by atoms with Crippen LogP contribution in [0.2, 0.25) is 0 Å². The van der Waals surface area contributed by atoms with Crippen molar-refractivity contribution in [2.75, 3.05) is 20.2 Å². The van der Waals surface area contributed by atoms with Gasteiger partial charge in [0, 0.05) is 6.20 Å². The molecule has 0 aliphatic carbocycles. The fraction of sp³-hybridized carbons (Fsp3) is 0.312. The van der Waals surface area contributed by atoms with Gasteiger partial charge in [-0.25, -0.2) is 8.42 Å². The van der Waals surface area contributed by atoms with Gasteiger partial charge < -0.3 is 9.47 Å². The van der Waals surface area contributed by atoms with E-state index in [1.807, 2.05) is 6.92 Å². The van der Waals surface area contributed by atoms with Gasteiger partial charge in [0.2, 0.25) is 10.0 Å². The van der Waals surface area contributed by atoms with Crippen molar-refractivity contribution in [1.29, 1.82) is 0 Å². The first kappa shape index (κ1) is 15.8. The number of benzene rings is 1. The lowest BCUT2D eigenvalue weighted by atomic mass is 10.2. The fourth-order valence-electron chi connectivity index (χ4n) is 2.44. The van der Waals surface area contributed by atoms with Gasteiger partial charge in [-0.1, -0.05) is 0 Å². The maximum atomic E-state index is 12.6. The summed E-state index contributed by atoms with van der Waals surface area (Å²) in [6.45, 7) is 2.49. The molecule has 1 saturated heterocycles. The Hall–Kier alpha value is -2.12. The molecule has 122 valence electrons. The lowest BCUT2D eigenvalue weighted by Crippen LogP contribution is -2.55. The van der Waals surface area contributed by atoms with Crippen molar-refractivity contribution in [3.63, 3.8) is 0 Å². The Balaban J connectivity index is 1.67. The average molecular weight is 334 g/mol. The first-order chi connectivity index (χ1) is 11.0. The molecule has 0 radical (unpaired) electrons. The van der Waals surface area contributed by atoms with Gasteiger partial charge in [0.1, 0.15) is 17.6 Å². The maximum absolute atomic E-state index is 12.6. The molecule has 2 heterocycles. The molecule has 0 bridgehead atoms. The van der Waals surface area contributed by atoms with Crippen LogP contribution in [0.5, 0.6) is 11.5 Å². The van der Waals surface area contributed by atoms with E-state index in [0.717, 1.165) is 5.56 Å². The third-order valence-electron chi connectivity index (χ3n) is 3.76. The van der Waals surface area contributed by atoms with Crippen LogP contribution < -0.4 is 9.47 Å². The topological polar surface area (TPSA) is 68.7 Å². The smallest absolute Gasteiger partial charge is 0.243 e. The molecule has 0 atom stereocenters. The molecular weight excluding hydrogens is 316 g/mol. The highest BCUT2D eigenvalue weighted by Crippen LogP contribution is 2.27. The van der Waals surface area contributed by atoms with Crippen molar-refractivity contribution >= 4 is 10.0 Å². The lowest BCUT2D eigenvalue weighted by molar-refractivity contribution is 0.0759. The van der Waals surface area contributed by atoms with Crippen LogP contribution in [0.3, 0.4) is 0 Å². The van der Waals surface area contributed by atoms with E-state index < -0.39 is 10.0 Å². The van der Waals surface area contributed by atoms with Gasteiger partial charge >= 0.3 is 0 Å². The first-order valence-electron chi connectivity index (χ1n) is 7.22. The zero-order valence-electron chi connectivity index (χ0n) is 13.0. The molecule has 0 amide bonds. The summed E-state index contributed by atoms with van der Waals surface area (Å²) in [6.07, 6.45) is 3.13. The third-order valence-corrected chi connectivity index (χ3v) is 5.58. The minimum absolute atomic E-state index is 0.145. The van der Waals surface area contributed by atoms with Crippen LogP contribution in [0.15, 0.2) is 47.6 Å². The molecule has 2 aromatic rings. The summed E-state index contributed by atoms with van der Waals surface area (Å²) in [5.41, 5.74) is 0.789. The van der Waals surface area contributed by atoms with Crippen LogP contribution in [0.25, 0.3) is 0 Å². The Bertz CT molecular complexity index is 787. The number of sulfonamides is 1. The fourth-order valence-corrected chi connectivity index (χ4v) is 4.03. The number of hydrogen-bond acceptors (Lipinski definition) is 5. The summed E-state index contributed by atoms with van der Waals surface area (Å²) in [6, 6.07) is 8.45. The van der Waals surface area contributed by atoms with Gasteiger partial charge in [-0.15, -0.1) is 0 Å². The molecule has 23 heavy (non-hydrogen) atoms. The molecule has 6 nitrogen and oxygen atoms in total. The Labute approximate surface area is 135 Å². The average Bonchev–Trinajstić information content (AvgIpc) is 2.51. The normalized spacial score (nSPS) is 15.9. The van der Waals surface area contributed by atoms with Crippen molar-refractivity contribution in [3.05, 3.63) is 48.3 Å². The number of methoxy groups -OCH3 is 1. The summed E-state index contributed by atoms with van der Waals surface area (Å²) >= 11 is 0. The van der Waals surface area contributed by atoms with E-state index >= 15 is 0 Å². The zero-order chi connectivity index (χ0) is 16.4. The van der Waals surface area contributed by atoms with Crippen molar-refractivity contribution in [3.8, 4) is 11.5 Å². The second-order valence-corrected chi connectivity index (χ2v) is 7.32. The largest absolute Gasteiger partial charge is 0.496 e. The Morgan fingerprint density at radius 1 is 1.26 bits per heavy atom. The highest BCUT2D eigenvalue weighted by atomic mass is 32.2. The summed E-state index contributed by atoms with van der Waals surface area (Å²) in [5.74, 6) is 1.32. The molecular formula is C16H18N2O4S. The van der Waals surface area contributed by atoms with E-state index in [1.54, 1.807) is 49.8 Å². The molecule has 0 spiro atoms. The van der Waals surface area contributed by atoms with Crippen LogP contribution in [-0.4, -0.2) is 44.0 Å². The van der Waals surface area contributed by atoms with Crippen LogP contribution >= 0.6 is 0 Å². The number of rotatable bonds is 5. The molecule has 0 N–H and O–H groups in total. The molecule has 1 aromatic carbocycles. The van der Waals surface area contributed by atoms with Crippen molar-refractivity contribution in [2.24, 2.45) is 0 Å². The SMILES string of the molecule is COc1ccc(S(=O)(=O)N2CC(Oc3cccnc3)C2)cc1C. The summed E-state index contributed by atoms with van der Waals surface area (Å²) in [7, 11) is -1.93. The zero-order valence-corrected chi connectivity index (χ0v) is 13.8. The minimum atomic E-state index is -3.49. The van der Waals surface area contributed by atoms with Crippen molar-refractivity contribution < 1.29 is 17.9 Å². The van der Waals surface area contributed by atoms with Crippen LogP contribution in [-0.2, 0) is 10.0 Å². The van der Waals surface area contributed by atoms with E-state index in [2.05, 4.69) is 4.98 Å². The van der Waals surface area contributed by atoms with Gasteiger partial charge in [-0.2, -0.15) is 4.31 Å². The quantitative estimate of drug-likeness (QED) is 0.835. The van der Waals surface area contributed by atoms with Crippen LogP contribution in [0.4, 0.5) is 0 Å². The van der Waals surface area contributed by atoms with Gasteiger partial charge in [-0.3, -0.25) is 4.98 Å². The van der Waals surface area contributed by atoms with Gasteiger partial charge in [-0.05, 0) is 42.8 Å². The van der Waals surface area contributed by atoms with E-state index in [0.29, 0.717) is 24.6 Å². The molecule has 0 unspecified atom stereocenters. The number of aromatic nitrogens is 1.